The van der Waals surface area contributed by atoms with Crippen LogP contribution in [0, 0.1) is 13.8 Å². The number of carbonyl (C=O) groups is 2. The lowest BCUT2D eigenvalue weighted by atomic mass is 9.96. The van der Waals surface area contributed by atoms with E-state index in [1.54, 1.807) is 32.2 Å². The van der Waals surface area contributed by atoms with Gasteiger partial charge in [0, 0.05) is 27.4 Å². The van der Waals surface area contributed by atoms with Crippen LogP contribution in [0.5, 0.6) is 0 Å². The van der Waals surface area contributed by atoms with Crippen LogP contribution in [0.4, 0.5) is 13.2 Å². The molecule has 0 saturated heterocycles. The van der Waals surface area contributed by atoms with E-state index in [2.05, 4.69) is 41.8 Å². The molecule has 5 aromatic rings. The highest BCUT2D eigenvalue weighted by Gasteiger charge is 2.52. The molecule has 0 spiro atoms. The first-order chi connectivity index (χ1) is 22.3. The number of fused-ring (bicyclic) bond motifs is 1. The first kappa shape index (κ1) is 34.3. The van der Waals surface area contributed by atoms with Gasteiger partial charge in [0.25, 0.3) is 5.91 Å². The van der Waals surface area contributed by atoms with Gasteiger partial charge in [-0.15, -0.1) is 0 Å². The summed E-state index contributed by atoms with van der Waals surface area (Å²) in [5.41, 5.74) is 4.26. The summed E-state index contributed by atoms with van der Waals surface area (Å²) in [4.78, 5) is 35.7. The van der Waals surface area contributed by atoms with Gasteiger partial charge in [0.1, 0.15) is 11.3 Å². The number of ether oxygens (including phenoxy) is 1. The molecule has 0 atom stereocenters. The topological polar surface area (TPSA) is 85.5 Å². The minimum atomic E-state index is -4.60. The van der Waals surface area contributed by atoms with E-state index in [-0.39, 0.29) is 36.1 Å². The van der Waals surface area contributed by atoms with Crippen LogP contribution in [0.1, 0.15) is 57.1 Å². The Hall–Kier alpha value is -4.03. The number of aryl methyl sites for hydroxylation is 1. The van der Waals surface area contributed by atoms with Gasteiger partial charge in [-0.2, -0.15) is 13.2 Å². The first-order valence-corrected chi connectivity index (χ1v) is 16.2. The number of methoxy groups -OCH3 is 1. The maximum Gasteiger partial charge on any atom is 0.449 e. The lowest BCUT2D eigenvalue weighted by Gasteiger charge is -2.24. The molecule has 244 valence electrons. The fourth-order valence-electron chi connectivity index (χ4n) is 5.25. The fourth-order valence-corrected chi connectivity index (χ4v) is 5.92. The smallest absolute Gasteiger partial charge is 0.449 e. The molecule has 1 fully saturated rings. The summed E-state index contributed by atoms with van der Waals surface area (Å²) in [5.74, 6) is -1.55. The molecular weight excluding hydrogens is 743 g/mol. The zero-order chi connectivity index (χ0) is 33.9. The third-order valence-electron chi connectivity index (χ3n) is 8.01. The minimum absolute atomic E-state index is 0.0356. The van der Waals surface area contributed by atoms with Gasteiger partial charge in [-0.1, -0.05) is 56.1 Å². The Morgan fingerprint density at radius 3 is 2.30 bits per heavy atom. The molecule has 0 unspecified atom stereocenters. The predicted octanol–water partition coefficient (Wildman–Crippen LogP) is 9.12. The Morgan fingerprint density at radius 1 is 0.957 bits per heavy atom. The Bertz CT molecular complexity index is 1920. The molecule has 47 heavy (non-hydrogen) atoms. The van der Waals surface area contributed by atoms with Gasteiger partial charge < -0.3 is 14.1 Å². The maximum absolute atomic E-state index is 13.8. The summed E-state index contributed by atoms with van der Waals surface area (Å²) in [5, 5.41) is 0. The summed E-state index contributed by atoms with van der Waals surface area (Å²) in [7, 11) is 1.44. The number of furan rings is 1. The van der Waals surface area contributed by atoms with Gasteiger partial charge in [0.15, 0.2) is 0 Å². The van der Waals surface area contributed by atoms with E-state index in [0.29, 0.717) is 27.9 Å². The number of aromatic nitrogens is 2. The summed E-state index contributed by atoms with van der Waals surface area (Å²) < 4.78 is 50.8. The molecule has 2 aromatic carbocycles. The van der Waals surface area contributed by atoms with Gasteiger partial charge in [0.2, 0.25) is 5.76 Å². The van der Waals surface area contributed by atoms with Gasteiger partial charge >= 0.3 is 12.1 Å². The second kappa shape index (κ2) is 14.0. The van der Waals surface area contributed by atoms with E-state index < -0.39 is 11.9 Å². The van der Waals surface area contributed by atoms with E-state index in [1.807, 2.05) is 48.5 Å². The molecule has 1 amide bonds. The molecule has 0 N–H and O–H groups in total. The van der Waals surface area contributed by atoms with Gasteiger partial charge in [-0.3, -0.25) is 19.6 Å². The minimum Gasteiger partial charge on any atom is -0.468 e. The average molecular weight is 773 g/mol. The number of benzene rings is 2. The number of pyridine rings is 2. The molecule has 1 aliphatic rings. The second-order valence-electron chi connectivity index (χ2n) is 11.2. The van der Waals surface area contributed by atoms with E-state index >= 15 is 0 Å². The van der Waals surface area contributed by atoms with Gasteiger partial charge in [-0.05, 0) is 91.9 Å². The molecule has 0 bridgehead atoms. The van der Waals surface area contributed by atoms with Crippen LogP contribution >= 0.6 is 31.9 Å². The predicted molar refractivity (Wildman–Crippen MR) is 178 cm³/mol. The first-order valence-electron chi connectivity index (χ1n) is 14.6. The fraction of sp³-hybridized carbons (Fsp3) is 0.257. The van der Waals surface area contributed by atoms with Crippen LogP contribution < -0.4 is 0 Å². The molecule has 1 saturated carbocycles. The van der Waals surface area contributed by atoms with Crippen molar-refractivity contribution in [3.63, 3.8) is 0 Å². The Labute approximate surface area is 286 Å². The van der Waals surface area contributed by atoms with Crippen LogP contribution in [-0.4, -0.2) is 33.9 Å². The van der Waals surface area contributed by atoms with Crippen LogP contribution in [0.15, 0.2) is 92.4 Å². The molecule has 3 heterocycles. The monoisotopic (exact) mass is 771 g/mol. The number of alkyl halides is 3. The van der Waals surface area contributed by atoms with Gasteiger partial charge in [-0.25, -0.2) is 0 Å². The van der Waals surface area contributed by atoms with Crippen molar-refractivity contribution in [1.29, 1.82) is 0 Å². The van der Waals surface area contributed by atoms with Gasteiger partial charge in [0.05, 0.1) is 30.1 Å². The highest BCUT2D eigenvalue weighted by Crippen LogP contribution is 2.49. The number of halogens is 5. The van der Waals surface area contributed by atoms with Crippen molar-refractivity contribution in [2.75, 3.05) is 7.11 Å². The number of hydrogen-bond donors (Lipinski definition) is 0. The molecule has 6 rings (SSSR count). The largest absolute Gasteiger partial charge is 0.468 e. The summed E-state index contributed by atoms with van der Waals surface area (Å²) in [6.07, 6.45) is -1.22. The lowest BCUT2D eigenvalue weighted by molar-refractivity contribution is -0.153. The zero-order valence-corrected chi connectivity index (χ0v) is 28.9. The van der Waals surface area contributed by atoms with Crippen LogP contribution in [0.3, 0.4) is 0 Å². The second-order valence-corrected chi connectivity index (χ2v) is 13.0. The number of hydrogen-bond acceptors (Lipinski definition) is 6. The molecule has 1 aliphatic carbocycles. The molecule has 3 aromatic heterocycles. The average Bonchev–Trinajstić information content (AvgIpc) is 3.72. The number of amides is 1. The number of rotatable bonds is 7. The van der Waals surface area contributed by atoms with E-state index in [4.69, 9.17) is 9.15 Å². The Kier molecular flexibility index (Phi) is 10.2. The zero-order valence-electron chi connectivity index (χ0n) is 25.7. The van der Waals surface area contributed by atoms with Crippen molar-refractivity contribution in [2.45, 2.75) is 51.4 Å². The summed E-state index contributed by atoms with van der Waals surface area (Å²) >= 11 is 6.78. The van der Waals surface area contributed by atoms with Crippen LogP contribution in [-0.2, 0) is 34.2 Å². The number of esters is 1. The van der Waals surface area contributed by atoms with Crippen molar-refractivity contribution < 1.29 is 31.9 Å². The van der Waals surface area contributed by atoms with Crippen LogP contribution in [0.25, 0.3) is 11.0 Å². The molecule has 0 aliphatic heterocycles. The van der Waals surface area contributed by atoms with Crippen molar-refractivity contribution in [2.24, 2.45) is 0 Å². The number of carbonyl (C=O) groups excluding carboxylic acids is 2. The molecule has 7 nitrogen and oxygen atoms in total. The summed E-state index contributed by atoms with van der Waals surface area (Å²) in [6.45, 7) is 3.62. The van der Waals surface area contributed by atoms with Crippen molar-refractivity contribution in [3.8, 4) is 0 Å². The van der Waals surface area contributed by atoms with Crippen molar-refractivity contribution in [3.05, 3.63) is 127 Å². The highest BCUT2D eigenvalue weighted by atomic mass is 79.9. The Balaban J connectivity index is 0.000000257. The molecular formula is C35H30Br2F3N3O4. The standard InChI is InChI=1S/C24H19BrF3N3O2.C11H11BrO2/c1-14-15(2)30-19-4-3-11-29-22(19)21(14)23(32)31(12-16-5-7-17(25)8-6-16)13-18-9-10-20(33-18)24(26,27)28;1-14-10(13)11(5-6-11)8-3-2-4-9(12)7-8/h3-11H,12-13H2,1-2H3;2-4,7H,5-6H2,1H3. The Morgan fingerprint density at radius 2 is 1.68 bits per heavy atom. The maximum atomic E-state index is 13.8. The summed E-state index contributed by atoms with van der Waals surface area (Å²) in [6, 6.07) is 20.9. The normalized spacial score (nSPS) is 13.4. The van der Waals surface area contributed by atoms with Crippen molar-refractivity contribution in [1.82, 2.24) is 14.9 Å². The lowest BCUT2D eigenvalue weighted by Crippen LogP contribution is -2.31. The van der Waals surface area contributed by atoms with Crippen LogP contribution in [0.2, 0.25) is 0 Å². The molecule has 0 radical (unpaired) electrons. The van der Waals surface area contributed by atoms with E-state index in [0.717, 1.165) is 39.0 Å². The van der Waals surface area contributed by atoms with E-state index in [1.165, 1.54) is 18.1 Å². The van der Waals surface area contributed by atoms with Crippen molar-refractivity contribution >= 4 is 54.8 Å². The third-order valence-corrected chi connectivity index (χ3v) is 9.03. The molecule has 12 heteroatoms. The van der Waals surface area contributed by atoms with E-state index in [9.17, 15) is 22.8 Å². The number of nitrogens with zero attached hydrogens (tertiary/aromatic N) is 3. The SMILES string of the molecule is COC(=O)C1(c2cccc(Br)c2)CC1.Cc1nc2cccnc2c(C(=O)N(Cc2ccc(Br)cc2)Cc2ccc(C(F)(F)F)o2)c1C. The third kappa shape index (κ3) is 7.76. The quantitative estimate of drug-likeness (QED) is 0.154. The highest BCUT2D eigenvalue weighted by molar-refractivity contribution is 9.10.